The van der Waals surface area contributed by atoms with Crippen LogP contribution in [0.5, 0.6) is 0 Å². The van der Waals surface area contributed by atoms with Crippen molar-refractivity contribution in [3.05, 3.63) is 89.2 Å². The molecule has 0 aliphatic rings. The molecule has 8 heteroatoms. The Hall–Kier alpha value is -3.39. The summed E-state index contributed by atoms with van der Waals surface area (Å²) in [7, 11) is 0.0340. The predicted octanol–water partition coefficient (Wildman–Crippen LogP) is 3.93. The number of hydrogen-bond acceptors (Lipinski definition) is 4. The Morgan fingerprint density at radius 2 is 1.71 bits per heavy atom. The molecule has 162 valence electrons. The number of sulfonamides is 1. The van der Waals surface area contributed by atoms with Crippen molar-refractivity contribution in [3.8, 4) is 0 Å². The van der Waals surface area contributed by atoms with Gasteiger partial charge in [-0.25, -0.2) is 12.8 Å². The number of rotatable bonds is 7. The summed E-state index contributed by atoms with van der Waals surface area (Å²) < 4.78 is 40.8. The zero-order valence-electron chi connectivity index (χ0n) is 17.5. The highest BCUT2D eigenvalue weighted by molar-refractivity contribution is 7.92. The van der Waals surface area contributed by atoms with E-state index in [2.05, 4.69) is 10.0 Å². The van der Waals surface area contributed by atoms with Gasteiger partial charge in [0.15, 0.2) is 0 Å². The summed E-state index contributed by atoms with van der Waals surface area (Å²) >= 11 is 0. The molecule has 3 rings (SSSR count). The number of hydrogen-bond donors (Lipinski definition) is 2. The second-order valence-corrected chi connectivity index (χ2v) is 9.02. The first-order chi connectivity index (χ1) is 14.7. The van der Waals surface area contributed by atoms with Crippen LogP contribution >= 0.6 is 0 Å². The highest BCUT2D eigenvalue weighted by Crippen LogP contribution is 2.19. The first kappa shape index (κ1) is 22.3. The highest BCUT2D eigenvalue weighted by atomic mass is 32.2. The minimum absolute atomic E-state index is 0.0341. The first-order valence-electron chi connectivity index (χ1n) is 9.59. The van der Waals surface area contributed by atoms with Gasteiger partial charge < -0.3 is 10.2 Å². The second-order valence-electron chi connectivity index (χ2n) is 7.34. The average Bonchev–Trinajstić information content (AvgIpc) is 2.74. The van der Waals surface area contributed by atoms with Crippen molar-refractivity contribution in [1.29, 1.82) is 0 Å². The Morgan fingerprint density at radius 3 is 2.35 bits per heavy atom. The van der Waals surface area contributed by atoms with Gasteiger partial charge in [0, 0.05) is 37.6 Å². The van der Waals surface area contributed by atoms with Crippen molar-refractivity contribution in [2.75, 3.05) is 23.7 Å². The normalized spacial score (nSPS) is 11.1. The van der Waals surface area contributed by atoms with Crippen LogP contribution in [-0.4, -0.2) is 28.4 Å². The monoisotopic (exact) mass is 441 g/mol. The number of nitrogens with zero attached hydrogens (tertiary/aromatic N) is 1. The maximum atomic E-state index is 13.4. The van der Waals surface area contributed by atoms with Gasteiger partial charge in [-0.15, -0.1) is 0 Å². The highest BCUT2D eigenvalue weighted by Gasteiger charge is 2.16. The van der Waals surface area contributed by atoms with Crippen molar-refractivity contribution >= 4 is 27.3 Å². The summed E-state index contributed by atoms with van der Waals surface area (Å²) in [4.78, 5) is 14.4. The molecule has 0 unspecified atom stereocenters. The number of amides is 1. The number of anilines is 2. The van der Waals surface area contributed by atoms with Gasteiger partial charge in [0.05, 0.1) is 4.90 Å². The summed E-state index contributed by atoms with van der Waals surface area (Å²) in [5.41, 5.74) is 2.96. The molecule has 0 heterocycles. The Kier molecular flexibility index (Phi) is 6.60. The fourth-order valence-electron chi connectivity index (χ4n) is 2.92. The van der Waals surface area contributed by atoms with Gasteiger partial charge in [-0.1, -0.05) is 12.1 Å². The molecule has 1 amide bonds. The van der Waals surface area contributed by atoms with Crippen LogP contribution in [0.2, 0.25) is 0 Å². The molecule has 31 heavy (non-hydrogen) atoms. The van der Waals surface area contributed by atoms with Gasteiger partial charge in [-0.3, -0.25) is 9.52 Å². The standard InChI is InChI=1S/C23H24FN3O3S/c1-16-13-21(11-12-22(16)24)31(29,30)26-19-9-7-18(8-10-19)23(28)25-15-17-5-4-6-20(14-17)27(2)3/h4-14,26H,15H2,1-3H3,(H,25,28). The molecule has 0 radical (unpaired) electrons. The molecular formula is C23H24FN3O3S. The van der Waals surface area contributed by atoms with E-state index in [1.165, 1.54) is 31.2 Å². The zero-order chi connectivity index (χ0) is 22.6. The zero-order valence-corrected chi connectivity index (χ0v) is 18.3. The third kappa shape index (κ3) is 5.61. The number of nitrogens with one attached hydrogen (secondary N) is 2. The first-order valence-corrected chi connectivity index (χ1v) is 11.1. The quantitative estimate of drug-likeness (QED) is 0.582. The number of carbonyl (C=O) groups excluding carboxylic acids is 1. The predicted molar refractivity (Wildman–Crippen MR) is 120 cm³/mol. The van der Waals surface area contributed by atoms with Crippen molar-refractivity contribution in [1.82, 2.24) is 5.32 Å². The molecule has 3 aromatic rings. The van der Waals surface area contributed by atoms with Crippen LogP contribution in [0.4, 0.5) is 15.8 Å². The minimum atomic E-state index is -3.86. The lowest BCUT2D eigenvalue weighted by molar-refractivity contribution is 0.0951. The summed E-state index contributed by atoms with van der Waals surface area (Å²) in [6, 6.07) is 17.5. The Morgan fingerprint density at radius 1 is 1.00 bits per heavy atom. The van der Waals surface area contributed by atoms with Crippen molar-refractivity contribution in [2.24, 2.45) is 0 Å². The fourth-order valence-corrected chi connectivity index (χ4v) is 4.06. The van der Waals surface area contributed by atoms with E-state index in [1.54, 1.807) is 12.1 Å². The molecule has 0 atom stereocenters. The maximum Gasteiger partial charge on any atom is 0.261 e. The number of halogens is 1. The molecule has 0 fully saturated rings. The molecule has 0 aliphatic heterocycles. The lowest BCUT2D eigenvalue weighted by Crippen LogP contribution is -2.23. The van der Waals surface area contributed by atoms with Crippen molar-refractivity contribution < 1.29 is 17.6 Å². The second kappa shape index (κ2) is 9.18. The summed E-state index contributed by atoms with van der Waals surface area (Å²) in [5.74, 6) is -0.735. The lowest BCUT2D eigenvalue weighted by atomic mass is 10.1. The molecule has 6 nitrogen and oxygen atoms in total. The largest absolute Gasteiger partial charge is 0.378 e. The van der Waals surface area contributed by atoms with Crippen LogP contribution in [0, 0.1) is 12.7 Å². The SMILES string of the molecule is Cc1cc(S(=O)(=O)Nc2ccc(C(=O)NCc3cccc(N(C)C)c3)cc2)ccc1F. The molecule has 3 aromatic carbocycles. The number of aryl methyl sites for hydroxylation is 1. The van der Waals surface area contributed by atoms with E-state index in [-0.39, 0.29) is 16.4 Å². The molecule has 0 spiro atoms. The Bertz CT molecular complexity index is 1190. The number of benzene rings is 3. The molecule has 0 saturated heterocycles. The van der Waals surface area contributed by atoms with Gasteiger partial charge in [-0.05, 0) is 72.6 Å². The van der Waals surface area contributed by atoms with Gasteiger partial charge >= 0.3 is 0 Å². The third-order valence-electron chi connectivity index (χ3n) is 4.72. The van der Waals surface area contributed by atoms with Gasteiger partial charge in [0.2, 0.25) is 0 Å². The van der Waals surface area contributed by atoms with E-state index < -0.39 is 15.8 Å². The summed E-state index contributed by atoms with van der Waals surface area (Å²) in [6.45, 7) is 1.87. The summed E-state index contributed by atoms with van der Waals surface area (Å²) in [6.07, 6.45) is 0. The van der Waals surface area contributed by atoms with Gasteiger partial charge in [0.25, 0.3) is 15.9 Å². The van der Waals surface area contributed by atoms with Crippen LogP contribution in [0.25, 0.3) is 0 Å². The van der Waals surface area contributed by atoms with Gasteiger partial charge in [0.1, 0.15) is 5.82 Å². The molecule has 0 saturated carbocycles. The third-order valence-corrected chi connectivity index (χ3v) is 6.10. The summed E-state index contributed by atoms with van der Waals surface area (Å²) in [5, 5.41) is 2.85. The topological polar surface area (TPSA) is 78.5 Å². The number of carbonyl (C=O) groups is 1. The molecule has 0 bridgehead atoms. The van der Waals surface area contributed by atoms with Crippen molar-refractivity contribution in [3.63, 3.8) is 0 Å². The van der Waals surface area contributed by atoms with Crippen LogP contribution in [0.1, 0.15) is 21.5 Å². The van der Waals surface area contributed by atoms with E-state index in [0.29, 0.717) is 17.8 Å². The van der Waals surface area contributed by atoms with Crippen LogP contribution in [0.3, 0.4) is 0 Å². The van der Waals surface area contributed by atoms with Crippen LogP contribution in [-0.2, 0) is 16.6 Å². The Balaban J connectivity index is 1.64. The van der Waals surface area contributed by atoms with Crippen molar-refractivity contribution in [2.45, 2.75) is 18.4 Å². The molecular weight excluding hydrogens is 417 g/mol. The van der Waals surface area contributed by atoms with Crippen LogP contribution < -0.4 is 14.9 Å². The van der Waals surface area contributed by atoms with E-state index in [9.17, 15) is 17.6 Å². The fraction of sp³-hybridized carbons (Fsp3) is 0.174. The van der Waals surface area contributed by atoms with Gasteiger partial charge in [-0.2, -0.15) is 0 Å². The molecule has 0 aliphatic carbocycles. The van der Waals surface area contributed by atoms with E-state index in [1.807, 2.05) is 43.3 Å². The molecule has 2 N–H and O–H groups in total. The van der Waals surface area contributed by atoms with E-state index in [0.717, 1.165) is 17.3 Å². The maximum absolute atomic E-state index is 13.4. The smallest absolute Gasteiger partial charge is 0.261 e. The average molecular weight is 442 g/mol. The van der Waals surface area contributed by atoms with E-state index in [4.69, 9.17) is 0 Å². The van der Waals surface area contributed by atoms with E-state index >= 15 is 0 Å². The molecule has 0 aromatic heterocycles. The lowest BCUT2D eigenvalue weighted by Gasteiger charge is -2.14. The minimum Gasteiger partial charge on any atom is -0.378 e. The van der Waals surface area contributed by atoms with Crippen LogP contribution in [0.15, 0.2) is 71.6 Å². The Labute approximate surface area is 181 Å².